The van der Waals surface area contributed by atoms with Gasteiger partial charge in [0, 0.05) is 0 Å². The molecule has 2 unspecified atom stereocenters. The third kappa shape index (κ3) is 17.4. The fourth-order valence-electron chi connectivity index (χ4n) is 5.16. The molecular formula is C32H60O4S2. The smallest absolute Gasteiger partial charge is 0.315 e. The van der Waals surface area contributed by atoms with Crippen LogP contribution in [0.15, 0.2) is 0 Å². The van der Waals surface area contributed by atoms with Gasteiger partial charge in [-0.05, 0) is 37.5 Å². The number of rotatable bonds is 18. The van der Waals surface area contributed by atoms with E-state index in [1.54, 1.807) is 23.5 Å². The fraction of sp³-hybridized carbons (Fsp3) is 0.938. The van der Waals surface area contributed by atoms with Crippen molar-refractivity contribution in [2.75, 3.05) is 24.7 Å². The summed E-state index contributed by atoms with van der Waals surface area (Å²) < 4.78 is 11.4. The zero-order chi connectivity index (χ0) is 27.9. The first kappa shape index (κ1) is 35.7. The summed E-state index contributed by atoms with van der Waals surface area (Å²) in [6, 6.07) is 0. The zero-order valence-electron chi connectivity index (χ0n) is 25.4. The van der Waals surface area contributed by atoms with Crippen LogP contribution in [0.5, 0.6) is 0 Å². The second-order valence-corrected chi connectivity index (χ2v) is 14.3. The van der Waals surface area contributed by atoms with Gasteiger partial charge in [0.2, 0.25) is 0 Å². The van der Waals surface area contributed by atoms with Crippen molar-refractivity contribution >= 4 is 35.5 Å². The van der Waals surface area contributed by atoms with Gasteiger partial charge in [-0.3, -0.25) is 9.59 Å². The molecule has 0 aromatic heterocycles. The summed E-state index contributed by atoms with van der Waals surface area (Å²) in [5.41, 5.74) is 0. The predicted molar refractivity (Wildman–Crippen MR) is 167 cm³/mol. The molecule has 0 radical (unpaired) electrons. The minimum Gasteiger partial charge on any atom is -0.465 e. The predicted octanol–water partition coefficient (Wildman–Crippen LogP) is 9.97. The lowest BCUT2D eigenvalue weighted by Crippen LogP contribution is -2.27. The molecule has 4 nitrogen and oxygen atoms in total. The highest BCUT2D eigenvalue weighted by Gasteiger charge is 2.33. The Labute approximate surface area is 244 Å². The van der Waals surface area contributed by atoms with E-state index in [2.05, 4.69) is 27.7 Å². The molecule has 38 heavy (non-hydrogen) atoms. The Morgan fingerprint density at radius 1 is 0.632 bits per heavy atom. The van der Waals surface area contributed by atoms with Crippen LogP contribution in [-0.4, -0.2) is 40.7 Å². The number of thioether (sulfide) groups is 2. The van der Waals surface area contributed by atoms with Crippen LogP contribution in [0.25, 0.3) is 0 Å². The van der Waals surface area contributed by atoms with E-state index in [0.29, 0.717) is 36.6 Å². The van der Waals surface area contributed by atoms with Crippen molar-refractivity contribution < 1.29 is 19.1 Å². The van der Waals surface area contributed by atoms with Gasteiger partial charge in [-0.25, -0.2) is 0 Å². The third-order valence-corrected chi connectivity index (χ3v) is 11.4. The molecule has 1 rings (SSSR count). The summed E-state index contributed by atoms with van der Waals surface area (Å²) in [6.07, 6.45) is 22.6. The van der Waals surface area contributed by atoms with Crippen LogP contribution in [0.2, 0.25) is 0 Å². The van der Waals surface area contributed by atoms with Crippen LogP contribution in [-0.2, 0) is 19.1 Å². The Hall–Kier alpha value is -0.360. The molecule has 0 saturated heterocycles. The Morgan fingerprint density at radius 2 is 1.00 bits per heavy atom. The van der Waals surface area contributed by atoms with Crippen LogP contribution >= 0.6 is 23.5 Å². The van der Waals surface area contributed by atoms with Crippen LogP contribution in [0.3, 0.4) is 0 Å². The number of ether oxygens (including phenoxy) is 2. The third-order valence-electron chi connectivity index (χ3n) is 8.07. The van der Waals surface area contributed by atoms with Gasteiger partial charge in [0.1, 0.15) is 0 Å². The van der Waals surface area contributed by atoms with E-state index >= 15 is 0 Å². The number of carbonyl (C=O) groups is 2. The molecular weight excluding hydrogens is 512 g/mol. The first-order valence-electron chi connectivity index (χ1n) is 16.1. The summed E-state index contributed by atoms with van der Waals surface area (Å²) in [6.45, 7) is 9.87. The molecule has 0 aromatic rings. The van der Waals surface area contributed by atoms with Crippen LogP contribution in [0.4, 0.5) is 0 Å². The average Bonchev–Trinajstić information content (AvgIpc) is 2.92. The molecule has 0 bridgehead atoms. The van der Waals surface area contributed by atoms with Crippen molar-refractivity contribution in [1.29, 1.82) is 0 Å². The van der Waals surface area contributed by atoms with Gasteiger partial charge >= 0.3 is 11.9 Å². The average molecular weight is 573 g/mol. The largest absolute Gasteiger partial charge is 0.465 e. The molecule has 1 fully saturated rings. The SMILES string of the molecule is CCCCC(CC)COC(=O)CSC1(SCC(=O)OCC(CC)CCCC)CCCCCCCCCCC1. The van der Waals surface area contributed by atoms with Crippen molar-refractivity contribution in [2.45, 2.75) is 154 Å². The lowest BCUT2D eigenvalue weighted by molar-refractivity contribution is -0.142. The second-order valence-electron chi connectivity index (χ2n) is 11.4. The number of carbonyl (C=O) groups excluding carboxylic acids is 2. The molecule has 1 aliphatic rings. The van der Waals surface area contributed by atoms with Crippen LogP contribution in [0, 0.1) is 11.8 Å². The van der Waals surface area contributed by atoms with Crippen molar-refractivity contribution in [3.8, 4) is 0 Å². The number of hydrogen-bond donors (Lipinski definition) is 0. The minimum absolute atomic E-state index is 0.0969. The molecule has 0 heterocycles. The summed E-state index contributed by atoms with van der Waals surface area (Å²) in [4.78, 5) is 25.6. The van der Waals surface area contributed by atoms with Crippen molar-refractivity contribution in [3.05, 3.63) is 0 Å². The van der Waals surface area contributed by atoms with E-state index in [1.165, 1.54) is 70.6 Å². The molecule has 1 saturated carbocycles. The Morgan fingerprint density at radius 3 is 1.34 bits per heavy atom. The lowest BCUT2D eigenvalue weighted by Gasteiger charge is -2.33. The summed E-state index contributed by atoms with van der Waals surface area (Å²) in [7, 11) is 0. The zero-order valence-corrected chi connectivity index (χ0v) is 27.0. The van der Waals surface area contributed by atoms with Gasteiger partial charge < -0.3 is 9.47 Å². The number of esters is 2. The van der Waals surface area contributed by atoms with Crippen molar-refractivity contribution in [3.63, 3.8) is 0 Å². The molecule has 1 aliphatic carbocycles. The highest BCUT2D eigenvalue weighted by Crippen LogP contribution is 2.46. The van der Waals surface area contributed by atoms with Crippen molar-refractivity contribution in [1.82, 2.24) is 0 Å². The van der Waals surface area contributed by atoms with Gasteiger partial charge in [0.15, 0.2) is 0 Å². The Kier molecular flexibility index (Phi) is 21.9. The van der Waals surface area contributed by atoms with Crippen molar-refractivity contribution in [2.24, 2.45) is 11.8 Å². The van der Waals surface area contributed by atoms with Crippen LogP contribution in [0.1, 0.15) is 150 Å². The Bertz CT molecular complexity index is 548. The minimum atomic E-state index is -0.115. The summed E-state index contributed by atoms with van der Waals surface area (Å²) in [5, 5.41) is 0. The maximum Gasteiger partial charge on any atom is 0.315 e. The molecule has 0 aromatic carbocycles. The van der Waals surface area contributed by atoms with Gasteiger partial charge in [0.05, 0.1) is 28.8 Å². The van der Waals surface area contributed by atoms with Gasteiger partial charge in [0.25, 0.3) is 0 Å². The second kappa shape index (κ2) is 23.4. The maximum atomic E-state index is 12.8. The Balaban J connectivity index is 2.74. The molecule has 224 valence electrons. The summed E-state index contributed by atoms with van der Waals surface area (Å²) >= 11 is 3.49. The lowest BCUT2D eigenvalue weighted by atomic mass is 10.0. The monoisotopic (exact) mass is 572 g/mol. The quantitative estimate of drug-likeness (QED) is 0.120. The first-order chi connectivity index (χ1) is 18.5. The topological polar surface area (TPSA) is 52.6 Å². The highest BCUT2D eigenvalue weighted by atomic mass is 32.2. The highest BCUT2D eigenvalue weighted by molar-refractivity contribution is 8.18. The summed E-state index contributed by atoms with van der Waals surface area (Å²) in [5.74, 6) is 1.49. The van der Waals surface area contributed by atoms with E-state index in [1.807, 2.05) is 0 Å². The normalized spacial score (nSPS) is 18.5. The standard InChI is InChI=1S/C32H60O4S2/c1-5-9-20-28(7-3)24-35-30(33)26-37-32(22-18-16-14-12-11-13-15-17-19-23-32)38-27-31(34)36-25-29(8-4)21-10-6-2/h28-29H,5-27H2,1-4H3. The molecule has 0 N–H and O–H groups in total. The van der Waals surface area contributed by atoms with E-state index in [0.717, 1.165) is 51.4 Å². The van der Waals surface area contributed by atoms with Gasteiger partial charge in [-0.1, -0.05) is 124 Å². The fourth-order valence-corrected chi connectivity index (χ4v) is 7.93. The molecule has 6 heteroatoms. The maximum absolute atomic E-state index is 12.8. The molecule has 0 spiro atoms. The van der Waals surface area contributed by atoms with Gasteiger partial charge in [-0.15, -0.1) is 23.5 Å². The van der Waals surface area contributed by atoms with E-state index in [4.69, 9.17) is 9.47 Å². The van der Waals surface area contributed by atoms with E-state index in [-0.39, 0.29) is 16.0 Å². The first-order valence-corrected chi connectivity index (χ1v) is 18.0. The van der Waals surface area contributed by atoms with Crippen LogP contribution < -0.4 is 0 Å². The molecule has 2 atom stereocenters. The molecule has 0 aliphatic heterocycles. The number of hydrogen-bond acceptors (Lipinski definition) is 6. The number of unbranched alkanes of at least 4 members (excludes halogenated alkanes) is 2. The molecule has 0 amide bonds. The van der Waals surface area contributed by atoms with E-state index in [9.17, 15) is 9.59 Å². The van der Waals surface area contributed by atoms with E-state index < -0.39 is 0 Å². The van der Waals surface area contributed by atoms with Gasteiger partial charge in [-0.2, -0.15) is 0 Å².